The molecule has 0 fully saturated rings. The molecule has 8 aromatic carbocycles. The number of nitrogens with two attached hydrogens (primary N) is 2. The molecule has 1 aliphatic carbocycles. The second kappa shape index (κ2) is 15.4. The van der Waals surface area contributed by atoms with Gasteiger partial charge in [-0.1, -0.05) is 149 Å². The Labute approximate surface area is 347 Å². The first-order valence-electron chi connectivity index (χ1n) is 20.5. The lowest BCUT2D eigenvalue weighted by Crippen LogP contribution is -2.28. The molecule has 0 unspecified atom stereocenters. The molecule has 0 aromatic heterocycles. The van der Waals surface area contributed by atoms with E-state index in [2.05, 4.69) is 185 Å². The zero-order valence-electron chi connectivity index (χ0n) is 33.9. The van der Waals surface area contributed by atoms with Crippen LogP contribution in [-0.2, 0) is 5.41 Å². The first-order valence-corrected chi connectivity index (χ1v) is 20.5. The molecule has 4 N–H and O–H groups in total. The molecular weight excluding hydrogens is 721 g/mol. The van der Waals surface area contributed by atoms with Crippen LogP contribution in [0, 0.1) is 0 Å². The summed E-state index contributed by atoms with van der Waals surface area (Å²) in [6.07, 6.45) is 0. The number of hydrogen-bond acceptors (Lipinski definition) is 4. The van der Waals surface area contributed by atoms with Gasteiger partial charge in [0, 0.05) is 22.5 Å². The fourth-order valence-corrected chi connectivity index (χ4v) is 8.90. The SMILES string of the molecule is CC(C)c1cc(Oc2ccc(C3(c4ccc(Oc5ccc(N)c(C(C)C)c5)c(-c5ccccc5)c4)c4ccccc4-c4ccccc43)cc2-c2ccccc2)ccc1N. The van der Waals surface area contributed by atoms with Crippen LogP contribution in [0.15, 0.2) is 182 Å². The molecule has 4 heteroatoms. The Bertz CT molecular complexity index is 2610. The highest BCUT2D eigenvalue weighted by Crippen LogP contribution is 2.58. The molecule has 0 bridgehead atoms. The number of nitrogen functional groups attached to an aromatic ring is 2. The topological polar surface area (TPSA) is 70.5 Å². The Morgan fingerprint density at radius 3 is 1.19 bits per heavy atom. The van der Waals surface area contributed by atoms with Gasteiger partial charge in [-0.3, -0.25) is 0 Å². The van der Waals surface area contributed by atoms with E-state index >= 15 is 0 Å². The Morgan fingerprint density at radius 2 is 0.780 bits per heavy atom. The monoisotopic (exact) mass is 768 g/mol. The number of rotatable bonds is 10. The van der Waals surface area contributed by atoms with Crippen molar-refractivity contribution in [3.8, 4) is 56.4 Å². The molecular formula is C55H48N2O2. The van der Waals surface area contributed by atoms with Crippen LogP contribution in [0.25, 0.3) is 33.4 Å². The molecule has 0 atom stereocenters. The molecule has 9 rings (SSSR count). The van der Waals surface area contributed by atoms with E-state index in [1.54, 1.807) is 0 Å². The molecule has 59 heavy (non-hydrogen) atoms. The zero-order chi connectivity index (χ0) is 40.7. The predicted octanol–water partition coefficient (Wildman–Crippen LogP) is 14.4. The third-order valence-corrected chi connectivity index (χ3v) is 11.8. The van der Waals surface area contributed by atoms with Gasteiger partial charge in [0.25, 0.3) is 0 Å². The van der Waals surface area contributed by atoms with Crippen molar-refractivity contribution in [2.24, 2.45) is 0 Å². The molecule has 0 amide bonds. The second-order valence-electron chi connectivity index (χ2n) is 16.1. The van der Waals surface area contributed by atoms with E-state index in [1.807, 2.05) is 24.3 Å². The normalized spacial score (nSPS) is 12.6. The van der Waals surface area contributed by atoms with Gasteiger partial charge in [0.2, 0.25) is 0 Å². The van der Waals surface area contributed by atoms with Crippen molar-refractivity contribution < 1.29 is 9.47 Å². The fraction of sp³-hybridized carbons (Fsp3) is 0.127. The highest BCUT2D eigenvalue weighted by atomic mass is 16.5. The van der Waals surface area contributed by atoms with E-state index < -0.39 is 5.41 Å². The minimum atomic E-state index is -0.685. The van der Waals surface area contributed by atoms with Crippen LogP contribution in [0.5, 0.6) is 23.0 Å². The summed E-state index contributed by atoms with van der Waals surface area (Å²) >= 11 is 0. The van der Waals surface area contributed by atoms with Crippen molar-refractivity contribution in [1.82, 2.24) is 0 Å². The van der Waals surface area contributed by atoms with E-state index in [-0.39, 0.29) is 11.8 Å². The number of hydrogen-bond donors (Lipinski definition) is 2. The number of benzene rings is 8. The standard InChI is InChI=1S/C55H48N2O2/c1-35(2)45-33-41(25-27-51(45)56)58-53-29-23-39(31-47(53)37-15-7-5-8-16-37)55(49-21-13-11-19-43(49)44-20-12-14-22-50(44)55)40-24-30-54(48(32-40)38-17-9-6-10-18-38)59-42-26-28-52(57)46(34-42)36(3)4/h5-36H,56-57H2,1-4H3. The third kappa shape index (κ3) is 6.71. The van der Waals surface area contributed by atoms with Gasteiger partial charge in [0.1, 0.15) is 23.0 Å². The average molecular weight is 769 g/mol. The maximum absolute atomic E-state index is 6.80. The van der Waals surface area contributed by atoms with Gasteiger partial charge in [0.15, 0.2) is 0 Å². The quantitative estimate of drug-likeness (QED) is 0.136. The summed E-state index contributed by atoms with van der Waals surface area (Å²) in [6.45, 7) is 8.61. The van der Waals surface area contributed by atoms with Gasteiger partial charge in [-0.2, -0.15) is 0 Å². The highest BCUT2D eigenvalue weighted by Gasteiger charge is 2.46. The van der Waals surface area contributed by atoms with Crippen LogP contribution in [0.2, 0.25) is 0 Å². The van der Waals surface area contributed by atoms with Crippen molar-refractivity contribution in [1.29, 1.82) is 0 Å². The molecule has 4 nitrogen and oxygen atoms in total. The van der Waals surface area contributed by atoms with Gasteiger partial charge in [-0.05, 0) is 128 Å². The van der Waals surface area contributed by atoms with Crippen LogP contribution >= 0.6 is 0 Å². The summed E-state index contributed by atoms with van der Waals surface area (Å²) in [6, 6.07) is 64.1. The van der Waals surface area contributed by atoms with Gasteiger partial charge in [-0.15, -0.1) is 0 Å². The smallest absolute Gasteiger partial charge is 0.135 e. The van der Waals surface area contributed by atoms with Crippen molar-refractivity contribution in [2.45, 2.75) is 44.9 Å². The minimum Gasteiger partial charge on any atom is -0.457 e. The fourth-order valence-electron chi connectivity index (χ4n) is 8.90. The lowest BCUT2D eigenvalue weighted by Gasteiger charge is -2.35. The first kappa shape index (κ1) is 37.5. The Morgan fingerprint density at radius 1 is 0.390 bits per heavy atom. The van der Waals surface area contributed by atoms with E-state index in [0.717, 1.165) is 78.9 Å². The average Bonchev–Trinajstić information content (AvgIpc) is 3.57. The summed E-state index contributed by atoms with van der Waals surface area (Å²) in [4.78, 5) is 0. The molecule has 0 heterocycles. The molecule has 290 valence electrons. The van der Waals surface area contributed by atoms with Crippen LogP contribution in [-0.4, -0.2) is 0 Å². The Kier molecular flexibility index (Phi) is 9.78. The lowest BCUT2D eigenvalue weighted by molar-refractivity contribution is 0.483. The number of fused-ring (bicyclic) bond motifs is 3. The van der Waals surface area contributed by atoms with Crippen LogP contribution in [0.3, 0.4) is 0 Å². The summed E-state index contributed by atoms with van der Waals surface area (Å²) in [7, 11) is 0. The summed E-state index contributed by atoms with van der Waals surface area (Å²) < 4.78 is 13.6. The summed E-state index contributed by atoms with van der Waals surface area (Å²) in [5, 5.41) is 0. The largest absolute Gasteiger partial charge is 0.457 e. The van der Waals surface area contributed by atoms with Gasteiger partial charge >= 0.3 is 0 Å². The summed E-state index contributed by atoms with van der Waals surface area (Å²) in [5.74, 6) is 3.57. The molecule has 0 saturated carbocycles. The molecule has 0 aliphatic heterocycles. The second-order valence-corrected chi connectivity index (χ2v) is 16.1. The number of anilines is 2. The minimum absolute atomic E-state index is 0.262. The van der Waals surface area contributed by atoms with Crippen molar-refractivity contribution in [2.75, 3.05) is 11.5 Å². The van der Waals surface area contributed by atoms with Crippen molar-refractivity contribution in [3.05, 3.63) is 215 Å². The lowest BCUT2D eigenvalue weighted by atomic mass is 9.67. The van der Waals surface area contributed by atoms with Crippen LogP contribution in [0.1, 0.15) is 72.9 Å². The van der Waals surface area contributed by atoms with Crippen LogP contribution in [0.4, 0.5) is 11.4 Å². The molecule has 8 aromatic rings. The molecule has 0 radical (unpaired) electrons. The predicted molar refractivity (Wildman–Crippen MR) is 245 cm³/mol. The van der Waals surface area contributed by atoms with Crippen molar-refractivity contribution >= 4 is 11.4 Å². The zero-order valence-corrected chi connectivity index (χ0v) is 33.9. The molecule has 0 saturated heterocycles. The van der Waals surface area contributed by atoms with E-state index in [4.69, 9.17) is 20.9 Å². The maximum Gasteiger partial charge on any atom is 0.135 e. The third-order valence-electron chi connectivity index (χ3n) is 11.8. The van der Waals surface area contributed by atoms with Gasteiger partial charge in [0.05, 0.1) is 5.41 Å². The molecule has 1 aliphatic rings. The first-order chi connectivity index (χ1) is 28.7. The van der Waals surface area contributed by atoms with E-state index in [9.17, 15) is 0 Å². The van der Waals surface area contributed by atoms with Gasteiger partial charge < -0.3 is 20.9 Å². The van der Waals surface area contributed by atoms with E-state index in [0.29, 0.717) is 0 Å². The molecule has 0 spiro atoms. The summed E-state index contributed by atoms with van der Waals surface area (Å²) in [5.41, 5.74) is 27.1. The Hall–Kier alpha value is -7.04. The highest BCUT2D eigenvalue weighted by molar-refractivity contribution is 5.88. The van der Waals surface area contributed by atoms with E-state index in [1.165, 1.54) is 22.3 Å². The van der Waals surface area contributed by atoms with Crippen molar-refractivity contribution in [3.63, 3.8) is 0 Å². The Balaban J connectivity index is 1.28. The van der Waals surface area contributed by atoms with Gasteiger partial charge in [-0.25, -0.2) is 0 Å². The maximum atomic E-state index is 6.80. The number of ether oxygens (including phenoxy) is 2. The van der Waals surface area contributed by atoms with Crippen LogP contribution < -0.4 is 20.9 Å².